The second-order valence-corrected chi connectivity index (χ2v) is 7.34. The molecule has 0 aliphatic heterocycles. The molecule has 154 valence electrons. The Labute approximate surface area is 178 Å². The lowest BCUT2D eigenvalue weighted by Crippen LogP contribution is -2.23. The number of rotatable bonds is 5. The summed E-state index contributed by atoms with van der Waals surface area (Å²) in [6, 6.07) is 22.4. The number of aryl methyl sites for hydroxylation is 2. The molecule has 1 aromatic heterocycles. The van der Waals surface area contributed by atoms with Crippen LogP contribution in [0.1, 0.15) is 43.5 Å². The Hall–Kier alpha value is -3.99. The molecule has 5 nitrogen and oxygen atoms in total. The molecule has 0 radical (unpaired) electrons. The Bertz CT molecular complexity index is 1340. The highest BCUT2D eigenvalue weighted by Gasteiger charge is 2.28. The van der Waals surface area contributed by atoms with Gasteiger partial charge in [-0.3, -0.25) is 4.79 Å². The van der Waals surface area contributed by atoms with Crippen molar-refractivity contribution in [2.45, 2.75) is 20.0 Å². The van der Waals surface area contributed by atoms with Crippen LogP contribution in [0.5, 0.6) is 0 Å². The van der Waals surface area contributed by atoms with E-state index in [4.69, 9.17) is 9.15 Å². The number of carbonyl (C=O) groups is 2. The molecular formula is C26H20O5. The molecule has 0 saturated heterocycles. The highest BCUT2D eigenvalue weighted by Crippen LogP contribution is 2.25. The van der Waals surface area contributed by atoms with E-state index in [0.717, 1.165) is 11.1 Å². The van der Waals surface area contributed by atoms with Crippen molar-refractivity contribution in [3.63, 3.8) is 0 Å². The third-order valence-corrected chi connectivity index (χ3v) is 5.22. The second-order valence-electron chi connectivity index (χ2n) is 7.34. The minimum Gasteiger partial charge on any atom is -0.445 e. The molecule has 0 spiro atoms. The summed E-state index contributed by atoms with van der Waals surface area (Å²) < 4.78 is 10.8. The maximum Gasteiger partial charge on any atom is 0.351 e. The van der Waals surface area contributed by atoms with Gasteiger partial charge in [0.05, 0.1) is 0 Å². The van der Waals surface area contributed by atoms with Crippen LogP contribution in [-0.2, 0) is 4.74 Å². The molecule has 1 heterocycles. The van der Waals surface area contributed by atoms with E-state index < -0.39 is 17.7 Å². The van der Waals surface area contributed by atoms with Gasteiger partial charge in [-0.25, -0.2) is 9.59 Å². The van der Waals surface area contributed by atoms with E-state index in [-0.39, 0.29) is 11.3 Å². The largest absolute Gasteiger partial charge is 0.445 e. The lowest BCUT2D eigenvalue weighted by atomic mass is 9.97. The molecule has 4 aromatic rings. The van der Waals surface area contributed by atoms with E-state index in [1.165, 1.54) is 6.07 Å². The summed E-state index contributed by atoms with van der Waals surface area (Å²) in [5.74, 6) is -1.28. The molecule has 0 unspecified atom stereocenters. The zero-order valence-electron chi connectivity index (χ0n) is 17.1. The Morgan fingerprint density at radius 1 is 0.839 bits per heavy atom. The van der Waals surface area contributed by atoms with Gasteiger partial charge in [0.2, 0.25) is 5.78 Å². The Morgan fingerprint density at radius 3 is 2.29 bits per heavy atom. The van der Waals surface area contributed by atoms with E-state index in [0.29, 0.717) is 22.1 Å². The van der Waals surface area contributed by atoms with E-state index in [1.807, 2.05) is 19.9 Å². The molecule has 0 bridgehead atoms. The summed E-state index contributed by atoms with van der Waals surface area (Å²) in [5, 5.41) is 0.589. The number of Topliss-reactive ketones (excluding diaryl/α,β-unsaturated/α-hetero) is 1. The van der Waals surface area contributed by atoms with E-state index in [2.05, 4.69) is 0 Å². The van der Waals surface area contributed by atoms with Crippen molar-refractivity contribution in [3.8, 4) is 0 Å². The zero-order valence-corrected chi connectivity index (χ0v) is 17.1. The van der Waals surface area contributed by atoms with Gasteiger partial charge in [0, 0.05) is 16.5 Å². The molecule has 5 heteroatoms. The molecule has 0 aliphatic carbocycles. The van der Waals surface area contributed by atoms with Crippen LogP contribution in [0.25, 0.3) is 11.0 Å². The Morgan fingerprint density at radius 2 is 1.55 bits per heavy atom. The first-order chi connectivity index (χ1) is 14.9. The van der Waals surface area contributed by atoms with Crippen LogP contribution in [0.3, 0.4) is 0 Å². The van der Waals surface area contributed by atoms with Gasteiger partial charge in [-0.05, 0) is 43.2 Å². The lowest BCUT2D eigenvalue weighted by molar-refractivity contribution is 0.0276. The van der Waals surface area contributed by atoms with Crippen LogP contribution < -0.4 is 5.63 Å². The molecule has 3 aromatic carbocycles. The average molecular weight is 412 g/mol. The lowest BCUT2D eigenvalue weighted by Gasteiger charge is -2.18. The van der Waals surface area contributed by atoms with Crippen molar-refractivity contribution in [3.05, 3.63) is 117 Å². The van der Waals surface area contributed by atoms with Gasteiger partial charge >= 0.3 is 11.6 Å². The number of ketones is 1. The zero-order chi connectivity index (χ0) is 22.0. The molecule has 0 fully saturated rings. The van der Waals surface area contributed by atoms with Crippen LogP contribution in [0, 0.1) is 13.8 Å². The molecule has 0 aliphatic rings. The van der Waals surface area contributed by atoms with Crippen LogP contribution in [0.2, 0.25) is 0 Å². The van der Waals surface area contributed by atoms with Crippen molar-refractivity contribution in [2.75, 3.05) is 0 Å². The SMILES string of the molecule is Cc1ccc(C(=O)[C@@H](OC(=O)c2cc3ccccc3oc2=O)c2ccccc2)cc1C. The van der Waals surface area contributed by atoms with Crippen LogP contribution >= 0.6 is 0 Å². The smallest absolute Gasteiger partial charge is 0.351 e. The molecule has 4 rings (SSSR count). The Balaban J connectivity index is 1.72. The van der Waals surface area contributed by atoms with E-state index >= 15 is 0 Å². The fourth-order valence-electron chi connectivity index (χ4n) is 3.32. The van der Waals surface area contributed by atoms with Gasteiger partial charge < -0.3 is 9.15 Å². The molecular weight excluding hydrogens is 392 g/mol. The van der Waals surface area contributed by atoms with E-state index in [9.17, 15) is 14.4 Å². The predicted octanol–water partition coefficient (Wildman–Crippen LogP) is 5.19. The second kappa shape index (κ2) is 8.40. The number of ether oxygens (including phenoxy) is 1. The summed E-state index contributed by atoms with van der Waals surface area (Å²) >= 11 is 0. The highest BCUT2D eigenvalue weighted by molar-refractivity contribution is 6.02. The van der Waals surface area contributed by atoms with Gasteiger partial charge in [-0.15, -0.1) is 0 Å². The normalized spacial score (nSPS) is 11.8. The quantitative estimate of drug-likeness (QED) is 0.256. The highest BCUT2D eigenvalue weighted by atomic mass is 16.5. The average Bonchev–Trinajstić information content (AvgIpc) is 2.78. The van der Waals surface area contributed by atoms with Gasteiger partial charge in [-0.2, -0.15) is 0 Å². The van der Waals surface area contributed by atoms with E-state index in [1.54, 1.807) is 66.7 Å². The summed E-state index contributed by atoms with van der Waals surface area (Å²) in [5.41, 5.74) is 2.26. The maximum absolute atomic E-state index is 13.3. The summed E-state index contributed by atoms with van der Waals surface area (Å²) in [6.45, 7) is 3.87. The minimum atomic E-state index is -1.19. The summed E-state index contributed by atoms with van der Waals surface area (Å²) in [6.07, 6.45) is -1.19. The number of esters is 1. The number of hydrogen-bond donors (Lipinski definition) is 0. The van der Waals surface area contributed by atoms with Crippen molar-refractivity contribution >= 4 is 22.7 Å². The van der Waals surface area contributed by atoms with Gasteiger partial charge in [0.1, 0.15) is 11.1 Å². The van der Waals surface area contributed by atoms with Crippen molar-refractivity contribution in [1.29, 1.82) is 0 Å². The molecule has 0 saturated carbocycles. The van der Waals surface area contributed by atoms with Gasteiger partial charge in [0.25, 0.3) is 0 Å². The molecule has 0 amide bonds. The van der Waals surface area contributed by atoms with Crippen LogP contribution in [0.15, 0.2) is 88.1 Å². The molecule has 1 atom stereocenters. The van der Waals surface area contributed by atoms with Gasteiger partial charge in [-0.1, -0.05) is 60.7 Å². The summed E-state index contributed by atoms with van der Waals surface area (Å²) in [4.78, 5) is 38.6. The summed E-state index contributed by atoms with van der Waals surface area (Å²) in [7, 11) is 0. The topological polar surface area (TPSA) is 73.6 Å². The minimum absolute atomic E-state index is 0.257. The first-order valence-corrected chi connectivity index (χ1v) is 9.84. The van der Waals surface area contributed by atoms with Gasteiger partial charge in [0.15, 0.2) is 6.10 Å². The van der Waals surface area contributed by atoms with Crippen LogP contribution in [-0.4, -0.2) is 11.8 Å². The van der Waals surface area contributed by atoms with Crippen molar-refractivity contribution in [1.82, 2.24) is 0 Å². The number of fused-ring (bicyclic) bond motifs is 1. The number of carbonyl (C=O) groups excluding carboxylic acids is 2. The fourth-order valence-corrected chi connectivity index (χ4v) is 3.32. The molecule has 0 N–H and O–H groups in total. The van der Waals surface area contributed by atoms with Crippen molar-refractivity contribution in [2.24, 2.45) is 0 Å². The fraction of sp³-hybridized carbons (Fsp3) is 0.115. The first kappa shape index (κ1) is 20.3. The standard InChI is InChI=1S/C26H20O5/c1-16-12-13-20(14-17(16)2)23(27)24(18-8-4-3-5-9-18)31-26(29)21-15-19-10-6-7-11-22(19)30-25(21)28/h3-15,24H,1-2H3/t24-/m0/s1. The maximum atomic E-state index is 13.3. The number of benzene rings is 3. The number of hydrogen-bond acceptors (Lipinski definition) is 5. The third-order valence-electron chi connectivity index (χ3n) is 5.22. The first-order valence-electron chi connectivity index (χ1n) is 9.84. The van der Waals surface area contributed by atoms with Crippen molar-refractivity contribution < 1.29 is 18.7 Å². The Kier molecular flexibility index (Phi) is 5.50. The predicted molar refractivity (Wildman–Crippen MR) is 117 cm³/mol. The monoisotopic (exact) mass is 412 g/mol. The third kappa shape index (κ3) is 4.16. The van der Waals surface area contributed by atoms with Crippen LogP contribution in [0.4, 0.5) is 0 Å². The number of para-hydroxylation sites is 1. The molecule has 31 heavy (non-hydrogen) atoms.